The summed E-state index contributed by atoms with van der Waals surface area (Å²) in [7, 11) is 0. The van der Waals surface area contributed by atoms with Gasteiger partial charge in [0.05, 0.1) is 12.3 Å². The molecule has 0 atom stereocenters. The van der Waals surface area contributed by atoms with Gasteiger partial charge in [-0.25, -0.2) is 4.98 Å². The molecule has 0 aliphatic heterocycles. The van der Waals surface area contributed by atoms with E-state index in [1.807, 2.05) is 35.7 Å². The van der Waals surface area contributed by atoms with Gasteiger partial charge in [0.2, 0.25) is 5.91 Å². The van der Waals surface area contributed by atoms with Crippen molar-refractivity contribution in [3.05, 3.63) is 41.3 Å². The molecule has 1 N–H and O–H groups in total. The Morgan fingerprint density at radius 2 is 2.35 bits per heavy atom. The molecule has 0 aliphatic rings. The van der Waals surface area contributed by atoms with Gasteiger partial charge in [0.15, 0.2) is 5.15 Å². The van der Waals surface area contributed by atoms with E-state index in [1.54, 1.807) is 11.0 Å². The maximum atomic E-state index is 12.0. The largest absolute Gasteiger partial charge is 0.395 e. The summed E-state index contributed by atoms with van der Waals surface area (Å²) in [6.07, 6.45) is 4.93. The molecule has 5 nitrogen and oxygen atoms in total. The lowest BCUT2D eigenvalue weighted by Gasteiger charge is -2.17. The summed E-state index contributed by atoms with van der Waals surface area (Å²) < 4.78 is 1.81. The summed E-state index contributed by atoms with van der Waals surface area (Å²) in [4.78, 5) is 17.7. The van der Waals surface area contributed by atoms with Gasteiger partial charge in [-0.2, -0.15) is 0 Å². The number of nitrogens with zero attached hydrogens (tertiary/aromatic N) is 3. The SMILES string of the molecule is CCN(CCO)C(=O)/C=C/c1c(Cl)nc2ccccn12. The van der Waals surface area contributed by atoms with Gasteiger partial charge in [-0.15, -0.1) is 0 Å². The van der Waals surface area contributed by atoms with Crippen molar-refractivity contribution in [2.24, 2.45) is 0 Å². The number of hydrogen-bond acceptors (Lipinski definition) is 3. The predicted molar refractivity (Wildman–Crippen MR) is 78.6 cm³/mol. The second-order valence-electron chi connectivity index (χ2n) is 4.19. The maximum absolute atomic E-state index is 12.0. The van der Waals surface area contributed by atoms with E-state index in [0.29, 0.717) is 23.9 Å². The fraction of sp³-hybridized carbons (Fsp3) is 0.286. The topological polar surface area (TPSA) is 57.8 Å². The Hall–Kier alpha value is -1.85. The molecule has 6 heteroatoms. The van der Waals surface area contributed by atoms with Crippen LogP contribution in [0.3, 0.4) is 0 Å². The molecule has 0 saturated heterocycles. The summed E-state index contributed by atoms with van der Waals surface area (Å²) in [6, 6.07) is 5.58. The van der Waals surface area contributed by atoms with E-state index in [-0.39, 0.29) is 12.5 Å². The van der Waals surface area contributed by atoms with Crippen molar-refractivity contribution in [3.63, 3.8) is 0 Å². The molecule has 0 unspecified atom stereocenters. The van der Waals surface area contributed by atoms with Gasteiger partial charge in [0.25, 0.3) is 0 Å². The van der Waals surface area contributed by atoms with Crippen LogP contribution >= 0.6 is 11.6 Å². The number of pyridine rings is 1. The number of carbonyl (C=O) groups excluding carboxylic acids is 1. The number of aromatic nitrogens is 2. The number of aliphatic hydroxyl groups is 1. The first-order valence-corrected chi connectivity index (χ1v) is 6.75. The second-order valence-corrected chi connectivity index (χ2v) is 4.55. The van der Waals surface area contributed by atoms with Crippen LogP contribution in [0.4, 0.5) is 0 Å². The molecule has 1 amide bonds. The summed E-state index contributed by atoms with van der Waals surface area (Å²) in [5, 5.41) is 9.25. The lowest BCUT2D eigenvalue weighted by atomic mass is 10.3. The number of halogens is 1. The number of fused-ring (bicyclic) bond motifs is 1. The van der Waals surface area contributed by atoms with Crippen molar-refractivity contribution in [1.82, 2.24) is 14.3 Å². The molecule has 2 rings (SSSR count). The van der Waals surface area contributed by atoms with E-state index in [9.17, 15) is 4.79 Å². The van der Waals surface area contributed by atoms with Gasteiger partial charge in [-0.1, -0.05) is 17.7 Å². The molecule has 0 aromatic carbocycles. The normalized spacial score (nSPS) is 11.3. The molecule has 0 bridgehead atoms. The zero-order chi connectivity index (χ0) is 14.5. The third-order valence-electron chi connectivity index (χ3n) is 2.97. The predicted octanol–water partition coefficient (Wildman–Crippen LogP) is 1.84. The summed E-state index contributed by atoms with van der Waals surface area (Å²) >= 11 is 6.08. The smallest absolute Gasteiger partial charge is 0.246 e. The Kier molecular flexibility index (Phi) is 4.76. The first-order chi connectivity index (χ1) is 9.67. The summed E-state index contributed by atoms with van der Waals surface area (Å²) in [6.45, 7) is 2.68. The summed E-state index contributed by atoms with van der Waals surface area (Å²) in [5.74, 6) is -0.163. The average Bonchev–Trinajstić information content (AvgIpc) is 2.77. The standard InChI is InChI=1S/C14H16ClN3O2/c1-2-17(9-10-19)13(20)7-6-11-14(15)16-12-5-3-4-8-18(11)12/h3-8,19H,2,9-10H2,1H3/b7-6+. The third kappa shape index (κ3) is 3.00. The van der Waals surface area contributed by atoms with Crippen LogP contribution in [0.25, 0.3) is 11.7 Å². The third-order valence-corrected chi connectivity index (χ3v) is 3.25. The second kappa shape index (κ2) is 6.54. The highest BCUT2D eigenvalue weighted by Crippen LogP contribution is 2.18. The fourth-order valence-corrected chi connectivity index (χ4v) is 2.18. The highest BCUT2D eigenvalue weighted by molar-refractivity contribution is 6.31. The number of carbonyl (C=O) groups is 1. The van der Waals surface area contributed by atoms with Gasteiger partial charge in [0, 0.05) is 25.4 Å². The maximum Gasteiger partial charge on any atom is 0.246 e. The molecular weight excluding hydrogens is 278 g/mol. The highest BCUT2D eigenvalue weighted by atomic mass is 35.5. The lowest BCUT2D eigenvalue weighted by Crippen LogP contribution is -2.31. The van der Waals surface area contributed by atoms with E-state index in [2.05, 4.69) is 4.98 Å². The van der Waals surface area contributed by atoms with Gasteiger partial charge >= 0.3 is 0 Å². The Morgan fingerprint density at radius 1 is 1.55 bits per heavy atom. The van der Waals surface area contributed by atoms with Crippen LogP contribution < -0.4 is 0 Å². The minimum absolute atomic E-state index is 0.0518. The van der Waals surface area contributed by atoms with Crippen LogP contribution in [-0.4, -0.2) is 45.0 Å². The molecule has 0 spiro atoms. The minimum atomic E-state index is -0.163. The van der Waals surface area contributed by atoms with E-state index in [4.69, 9.17) is 16.7 Å². The van der Waals surface area contributed by atoms with Crippen molar-refractivity contribution >= 4 is 29.2 Å². The van der Waals surface area contributed by atoms with Crippen LogP contribution in [0.2, 0.25) is 5.15 Å². The van der Waals surface area contributed by atoms with Crippen LogP contribution in [-0.2, 0) is 4.79 Å². The van der Waals surface area contributed by atoms with Gasteiger partial charge in [-0.05, 0) is 25.1 Å². The molecule has 0 fully saturated rings. The molecular formula is C14H16ClN3O2. The van der Waals surface area contributed by atoms with Gasteiger partial charge in [-0.3, -0.25) is 9.20 Å². The lowest BCUT2D eigenvalue weighted by molar-refractivity contribution is -0.126. The van der Waals surface area contributed by atoms with Gasteiger partial charge < -0.3 is 10.0 Å². The molecule has 2 aromatic rings. The molecule has 0 aliphatic carbocycles. The first kappa shape index (κ1) is 14.6. The molecule has 0 saturated carbocycles. The quantitative estimate of drug-likeness (QED) is 0.856. The monoisotopic (exact) mass is 293 g/mol. The van der Waals surface area contributed by atoms with Crippen LogP contribution in [0, 0.1) is 0 Å². The first-order valence-electron chi connectivity index (χ1n) is 6.37. The van der Waals surface area contributed by atoms with E-state index in [1.165, 1.54) is 6.08 Å². The average molecular weight is 294 g/mol. The molecule has 2 aromatic heterocycles. The zero-order valence-corrected chi connectivity index (χ0v) is 11.9. The molecule has 0 radical (unpaired) electrons. The van der Waals surface area contributed by atoms with Crippen molar-refractivity contribution in [2.45, 2.75) is 6.92 Å². The number of amides is 1. The van der Waals surface area contributed by atoms with Crippen LogP contribution in [0.5, 0.6) is 0 Å². The number of hydrogen-bond donors (Lipinski definition) is 1. The van der Waals surface area contributed by atoms with E-state index in [0.717, 1.165) is 5.65 Å². The Morgan fingerprint density at radius 3 is 3.05 bits per heavy atom. The number of likely N-dealkylation sites (N-methyl/N-ethyl adjacent to an activating group) is 1. The van der Waals surface area contributed by atoms with Crippen LogP contribution in [0.15, 0.2) is 30.5 Å². The fourth-order valence-electron chi connectivity index (χ4n) is 1.94. The van der Waals surface area contributed by atoms with Crippen LogP contribution in [0.1, 0.15) is 12.6 Å². The Bertz CT molecular complexity index is 636. The van der Waals surface area contributed by atoms with Crippen molar-refractivity contribution in [2.75, 3.05) is 19.7 Å². The number of rotatable bonds is 5. The van der Waals surface area contributed by atoms with E-state index >= 15 is 0 Å². The van der Waals surface area contributed by atoms with Crippen molar-refractivity contribution in [1.29, 1.82) is 0 Å². The van der Waals surface area contributed by atoms with Crippen molar-refractivity contribution < 1.29 is 9.90 Å². The van der Waals surface area contributed by atoms with E-state index < -0.39 is 0 Å². The van der Waals surface area contributed by atoms with Gasteiger partial charge in [0.1, 0.15) is 5.65 Å². The molecule has 106 valence electrons. The Labute approximate surface area is 122 Å². The summed E-state index contributed by atoms with van der Waals surface area (Å²) in [5.41, 5.74) is 1.39. The minimum Gasteiger partial charge on any atom is -0.395 e. The molecule has 20 heavy (non-hydrogen) atoms. The zero-order valence-electron chi connectivity index (χ0n) is 11.2. The number of aliphatic hydroxyl groups excluding tert-OH is 1. The Balaban J connectivity index is 2.25. The highest BCUT2D eigenvalue weighted by Gasteiger charge is 2.10. The van der Waals surface area contributed by atoms with Crippen molar-refractivity contribution in [3.8, 4) is 0 Å². The number of imidazole rings is 1. The molecule has 2 heterocycles.